The van der Waals surface area contributed by atoms with Crippen LogP contribution < -0.4 is 16.1 Å². The molecule has 0 radical (unpaired) electrons. The van der Waals surface area contributed by atoms with Crippen molar-refractivity contribution in [1.29, 1.82) is 0 Å². The predicted octanol–water partition coefficient (Wildman–Crippen LogP) is 2.78. The molecule has 1 aliphatic heterocycles. The normalized spacial score (nSPS) is 14.3. The molecular weight excluding hydrogens is 315 g/mol. The summed E-state index contributed by atoms with van der Waals surface area (Å²) < 4.78 is 13.6. The lowest BCUT2D eigenvalue weighted by Crippen LogP contribution is -2.27. The molecule has 0 aliphatic carbocycles. The Morgan fingerprint density at radius 2 is 1.96 bits per heavy atom. The van der Waals surface area contributed by atoms with Gasteiger partial charge in [0, 0.05) is 11.3 Å². The van der Waals surface area contributed by atoms with Crippen LogP contribution in [-0.4, -0.2) is 16.7 Å². The number of amides is 1. The third-order valence-electron chi connectivity index (χ3n) is 3.30. The van der Waals surface area contributed by atoms with E-state index in [0.29, 0.717) is 5.56 Å². The zero-order chi connectivity index (χ0) is 16.4. The van der Waals surface area contributed by atoms with Crippen molar-refractivity contribution in [2.75, 3.05) is 10.6 Å². The van der Waals surface area contributed by atoms with E-state index < -0.39 is 11.7 Å². The molecule has 0 unspecified atom stereocenters. The predicted molar refractivity (Wildman–Crippen MR) is 92.1 cm³/mol. The van der Waals surface area contributed by atoms with Crippen molar-refractivity contribution >= 4 is 40.3 Å². The number of carbonyl (C=O) groups is 1. The van der Waals surface area contributed by atoms with Crippen LogP contribution in [-0.2, 0) is 4.79 Å². The maximum absolute atomic E-state index is 13.6. The fraction of sp³-hybridized carbons (Fsp3) is 0.0625. The number of para-hydroxylation sites is 1. The molecule has 0 saturated carbocycles. The Balaban J connectivity index is 1.73. The fourth-order valence-electron chi connectivity index (χ4n) is 2.16. The second-order valence-electron chi connectivity index (χ2n) is 5.01. The number of benzene rings is 2. The highest BCUT2D eigenvalue weighted by atomic mass is 32.1. The summed E-state index contributed by atoms with van der Waals surface area (Å²) in [6.07, 6.45) is 0. The summed E-state index contributed by atoms with van der Waals surface area (Å²) in [5.74, 6) is -0.975. The van der Waals surface area contributed by atoms with Crippen molar-refractivity contribution in [1.82, 2.24) is 5.43 Å². The van der Waals surface area contributed by atoms with E-state index in [2.05, 4.69) is 21.2 Å². The summed E-state index contributed by atoms with van der Waals surface area (Å²) in [5.41, 5.74) is 5.17. The van der Waals surface area contributed by atoms with Crippen molar-refractivity contribution in [3.8, 4) is 0 Å². The topological polar surface area (TPSA) is 65.5 Å². The standard InChI is InChI=1S/C16H13FN4OS/c1-9-5-7-10(8-6-9)18-16(23)21-20-14-11-3-2-4-12(17)13(11)19-15(14)22/h2-8H,1H3,(H2,18,21,23)(H,19,20,22). The van der Waals surface area contributed by atoms with Gasteiger partial charge in [-0.05, 0) is 37.3 Å². The molecule has 23 heavy (non-hydrogen) atoms. The van der Waals surface area contributed by atoms with Gasteiger partial charge < -0.3 is 10.6 Å². The summed E-state index contributed by atoms with van der Waals surface area (Å²) in [6, 6.07) is 12.1. The highest BCUT2D eigenvalue weighted by molar-refractivity contribution is 7.80. The van der Waals surface area contributed by atoms with Gasteiger partial charge in [-0.2, -0.15) is 5.10 Å². The van der Waals surface area contributed by atoms with Gasteiger partial charge in [-0.1, -0.05) is 29.8 Å². The van der Waals surface area contributed by atoms with E-state index in [9.17, 15) is 9.18 Å². The first-order chi connectivity index (χ1) is 11.0. The number of thiocarbonyl (C=S) groups is 1. The SMILES string of the molecule is Cc1ccc(NC(=S)N/N=C2\C(=O)Nc3c(F)cccc32)cc1. The van der Waals surface area contributed by atoms with Gasteiger partial charge in [0.2, 0.25) is 0 Å². The van der Waals surface area contributed by atoms with Crippen LogP contribution in [0.15, 0.2) is 47.6 Å². The molecule has 0 spiro atoms. The molecule has 7 heteroatoms. The highest BCUT2D eigenvalue weighted by Crippen LogP contribution is 2.26. The van der Waals surface area contributed by atoms with Gasteiger partial charge in [0.25, 0.3) is 5.91 Å². The molecule has 1 aliphatic rings. The van der Waals surface area contributed by atoms with E-state index in [0.717, 1.165) is 11.3 Å². The van der Waals surface area contributed by atoms with Gasteiger partial charge >= 0.3 is 0 Å². The Hall–Kier alpha value is -2.80. The first-order valence-corrected chi connectivity index (χ1v) is 7.27. The Morgan fingerprint density at radius 3 is 2.70 bits per heavy atom. The molecule has 5 nitrogen and oxygen atoms in total. The summed E-state index contributed by atoms with van der Waals surface area (Å²) in [4.78, 5) is 11.9. The molecule has 3 N–H and O–H groups in total. The minimum absolute atomic E-state index is 0.0903. The summed E-state index contributed by atoms with van der Waals surface area (Å²) in [7, 11) is 0. The van der Waals surface area contributed by atoms with E-state index in [1.807, 2.05) is 31.2 Å². The zero-order valence-electron chi connectivity index (χ0n) is 12.2. The van der Waals surface area contributed by atoms with Crippen LogP contribution in [0.1, 0.15) is 11.1 Å². The van der Waals surface area contributed by atoms with Crippen molar-refractivity contribution in [3.63, 3.8) is 0 Å². The molecule has 3 rings (SSSR count). The molecule has 1 amide bonds. The van der Waals surface area contributed by atoms with E-state index in [1.165, 1.54) is 12.1 Å². The first kappa shape index (κ1) is 15.1. The largest absolute Gasteiger partial charge is 0.331 e. The van der Waals surface area contributed by atoms with Crippen LogP contribution in [0.2, 0.25) is 0 Å². The second kappa shape index (κ2) is 6.13. The number of hydrogen-bond acceptors (Lipinski definition) is 3. The number of anilines is 2. The number of nitrogens with zero attached hydrogens (tertiary/aromatic N) is 1. The molecule has 2 aromatic carbocycles. The average Bonchev–Trinajstić information content (AvgIpc) is 2.85. The monoisotopic (exact) mass is 328 g/mol. The molecular formula is C16H13FN4OS. The lowest BCUT2D eigenvalue weighted by atomic mass is 10.1. The van der Waals surface area contributed by atoms with Crippen LogP contribution in [0.3, 0.4) is 0 Å². The maximum atomic E-state index is 13.6. The third kappa shape index (κ3) is 3.19. The van der Waals surface area contributed by atoms with Gasteiger partial charge in [-0.25, -0.2) is 4.39 Å². The minimum atomic E-state index is -0.499. The van der Waals surface area contributed by atoms with Crippen molar-refractivity contribution < 1.29 is 9.18 Å². The molecule has 0 bridgehead atoms. The highest BCUT2D eigenvalue weighted by Gasteiger charge is 2.28. The van der Waals surface area contributed by atoms with E-state index in [4.69, 9.17) is 12.2 Å². The molecule has 2 aromatic rings. The smallest absolute Gasteiger partial charge is 0.276 e. The number of carbonyl (C=O) groups excluding carboxylic acids is 1. The van der Waals surface area contributed by atoms with Gasteiger partial charge in [-0.3, -0.25) is 10.2 Å². The average molecular weight is 328 g/mol. The van der Waals surface area contributed by atoms with Crippen LogP contribution in [0, 0.1) is 12.7 Å². The number of hydrazone groups is 1. The van der Waals surface area contributed by atoms with Crippen molar-refractivity contribution in [3.05, 3.63) is 59.4 Å². The van der Waals surface area contributed by atoms with Gasteiger partial charge in [0.05, 0.1) is 5.69 Å². The van der Waals surface area contributed by atoms with Crippen LogP contribution >= 0.6 is 12.2 Å². The second-order valence-corrected chi connectivity index (χ2v) is 5.42. The minimum Gasteiger partial charge on any atom is -0.331 e. The van der Waals surface area contributed by atoms with E-state index in [-0.39, 0.29) is 16.5 Å². The lowest BCUT2D eigenvalue weighted by molar-refractivity contribution is -0.110. The van der Waals surface area contributed by atoms with Crippen molar-refractivity contribution in [2.24, 2.45) is 5.10 Å². The first-order valence-electron chi connectivity index (χ1n) is 6.86. The summed E-state index contributed by atoms with van der Waals surface area (Å²) in [5, 5.41) is 9.62. The van der Waals surface area contributed by atoms with Gasteiger partial charge in [-0.15, -0.1) is 0 Å². The Labute approximate surface area is 137 Å². The molecule has 1 heterocycles. The van der Waals surface area contributed by atoms with Gasteiger partial charge in [0.15, 0.2) is 10.8 Å². The molecule has 0 aromatic heterocycles. The molecule has 0 saturated heterocycles. The van der Waals surface area contributed by atoms with Crippen LogP contribution in [0.4, 0.5) is 15.8 Å². The number of nitrogens with one attached hydrogen (secondary N) is 3. The van der Waals surface area contributed by atoms with E-state index in [1.54, 1.807) is 6.07 Å². The number of fused-ring (bicyclic) bond motifs is 1. The van der Waals surface area contributed by atoms with Crippen LogP contribution in [0.25, 0.3) is 0 Å². The number of halogens is 1. The quantitative estimate of drug-likeness (QED) is 0.586. The third-order valence-corrected chi connectivity index (χ3v) is 3.49. The van der Waals surface area contributed by atoms with E-state index >= 15 is 0 Å². The molecule has 0 atom stereocenters. The Bertz CT molecular complexity index is 817. The Morgan fingerprint density at radius 1 is 1.22 bits per heavy atom. The van der Waals surface area contributed by atoms with Crippen LogP contribution in [0.5, 0.6) is 0 Å². The fourth-order valence-corrected chi connectivity index (χ4v) is 2.32. The molecule has 116 valence electrons. The number of aryl methyl sites for hydroxylation is 1. The van der Waals surface area contributed by atoms with Crippen molar-refractivity contribution in [2.45, 2.75) is 6.92 Å². The molecule has 0 fully saturated rings. The zero-order valence-corrected chi connectivity index (χ0v) is 13.0. The number of rotatable bonds is 2. The number of hydrogen-bond donors (Lipinski definition) is 3. The summed E-state index contributed by atoms with van der Waals surface area (Å²) in [6.45, 7) is 1.99. The maximum Gasteiger partial charge on any atom is 0.276 e. The van der Waals surface area contributed by atoms with Gasteiger partial charge in [0.1, 0.15) is 5.82 Å². The summed E-state index contributed by atoms with van der Waals surface area (Å²) >= 11 is 5.13. The lowest BCUT2D eigenvalue weighted by Gasteiger charge is -2.07. The Kier molecular flexibility index (Phi) is 4.03.